The lowest BCUT2D eigenvalue weighted by molar-refractivity contribution is -0.140. The highest BCUT2D eigenvalue weighted by Gasteiger charge is 2.34. The molecule has 10 heteroatoms. The standard InChI is InChI=1S/C17H12BrF4NO2S2/c1-27(24,25)23(16-15(18)11-4-2-3-5-14(11)26-16)9-10-6-7-13(19)12(8-10)17(20,21)22/h2-8H,9H2,1H3. The van der Waals surface area contributed by atoms with Crippen LogP contribution in [0.2, 0.25) is 0 Å². The van der Waals surface area contributed by atoms with E-state index in [1.165, 1.54) is 11.3 Å². The predicted octanol–water partition coefficient (Wildman–Crippen LogP) is 5.79. The van der Waals surface area contributed by atoms with E-state index < -0.39 is 27.6 Å². The van der Waals surface area contributed by atoms with Crippen molar-refractivity contribution in [3.63, 3.8) is 0 Å². The fourth-order valence-corrected chi connectivity index (χ4v) is 5.90. The van der Waals surface area contributed by atoms with Gasteiger partial charge in [-0.15, -0.1) is 11.3 Å². The Kier molecular flexibility index (Phi) is 5.26. The van der Waals surface area contributed by atoms with E-state index in [2.05, 4.69) is 15.9 Å². The van der Waals surface area contributed by atoms with Crippen molar-refractivity contribution in [3.05, 3.63) is 63.9 Å². The minimum atomic E-state index is -4.87. The maximum Gasteiger partial charge on any atom is 0.419 e. The number of anilines is 1. The summed E-state index contributed by atoms with van der Waals surface area (Å²) in [5.74, 6) is -1.40. The third kappa shape index (κ3) is 4.12. The van der Waals surface area contributed by atoms with E-state index in [0.717, 1.165) is 26.7 Å². The second-order valence-electron chi connectivity index (χ2n) is 5.80. The average Bonchev–Trinajstić information content (AvgIpc) is 2.89. The van der Waals surface area contributed by atoms with Gasteiger partial charge < -0.3 is 0 Å². The van der Waals surface area contributed by atoms with Crippen LogP contribution in [0.5, 0.6) is 0 Å². The van der Waals surface area contributed by atoms with Crippen LogP contribution in [-0.2, 0) is 22.7 Å². The average molecular weight is 482 g/mol. The number of alkyl halides is 3. The second-order valence-corrected chi connectivity index (χ2v) is 9.53. The van der Waals surface area contributed by atoms with Crippen LogP contribution in [0.4, 0.5) is 22.6 Å². The zero-order chi connectivity index (χ0) is 20.0. The molecule has 0 saturated heterocycles. The van der Waals surface area contributed by atoms with Crippen molar-refractivity contribution in [1.82, 2.24) is 0 Å². The SMILES string of the molecule is CS(=O)(=O)N(Cc1ccc(F)c(C(F)(F)F)c1)c1sc2ccccc2c1Br. The van der Waals surface area contributed by atoms with Gasteiger partial charge in [0.15, 0.2) is 0 Å². The summed E-state index contributed by atoms with van der Waals surface area (Å²) in [6, 6.07) is 9.69. The second kappa shape index (κ2) is 7.06. The lowest BCUT2D eigenvalue weighted by atomic mass is 10.1. The molecular formula is C17H12BrF4NO2S2. The highest BCUT2D eigenvalue weighted by atomic mass is 79.9. The Morgan fingerprint density at radius 2 is 1.81 bits per heavy atom. The smallest absolute Gasteiger partial charge is 0.256 e. The Labute approximate surface area is 165 Å². The number of thiophene rings is 1. The molecule has 1 aromatic heterocycles. The molecule has 0 saturated carbocycles. The topological polar surface area (TPSA) is 37.4 Å². The van der Waals surface area contributed by atoms with Crippen molar-refractivity contribution in [3.8, 4) is 0 Å². The van der Waals surface area contributed by atoms with Gasteiger partial charge in [0.05, 0.1) is 22.8 Å². The summed E-state index contributed by atoms with van der Waals surface area (Å²) < 4.78 is 79.4. The molecule has 0 unspecified atom stereocenters. The molecule has 0 bridgehead atoms. The summed E-state index contributed by atoms with van der Waals surface area (Å²) in [5.41, 5.74) is -1.40. The number of benzene rings is 2. The summed E-state index contributed by atoms with van der Waals surface area (Å²) in [6.07, 6.45) is -3.90. The monoisotopic (exact) mass is 481 g/mol. The lowest BCUT2D eigenvalue weighted by Gasteiger charge is -2.22. The first kappa shape index (κ1) is 20.1. The number of hydrogen-bond acceptors (Lipinski definition) is 3. The molecule has 144 valence electrons. The van der Waals surface area contributed by atoms with E-state index in [0.29, 0.717) is 21.6 Å². The van der Waals surface area contributed by atoms with Crippen LogP contribution in [0, 0.1) is 5.82 Å². The molecule has 3 aromatic rings. The van der Waals surface area contributed by atoms with Crippen LogP contribution < -0.4 is 4.31 Å². The van der Waals surface area contributed by atoms with Crippen molar-refractivity contribution < 1.29 is 26.0 Å². The Balaban J connectivity index is 2.09. The molecule has 0 aliphatic heterocycles. The van der Waals surface area contributed by atoms with E-state index in [4.69, 9.17) is 0 Å². The van der Waals surface area contributed by atoms with Crippen molar-refractivity contribution >= 4 is 52.4 Å². The van der Waals surface area contributed by atoms with E-state index in [1.54, 1.807) is 18.2 Å². The largest absolute Gasteiger partial charge is 0.419 e. The van der Waals surface area contributed by atoms with Crippen molar-refractivity contribution in [2.45, 2.75) is 12.7 Å². The fourth-order valence-electron chi connectivity index (χ4n) is 2.56. The quantitative estimate of drug-likeness (QED) is 0.442. The first-order chi connectivity index (χ1) is 12.5. The Morgan fingerprint density at radius 3 is 2.41 bits per heavy atom. The molecule has 0 N–H and O–H groups in total. The van der Waals surface area contributed by atoms with Crippen LogP contribution in [0.3, 0.4) is 0 Å². The van der Waals surface area contributed by atoms with Gasteiger partial charge >= 0.3 is 6.18 Å². The maximum absolute atomic E-state index is 13.5. The van der Waals surface area contributed by atoms with Gasteiger partial charge in [-0.1, -0.05) is 24.3 Å². The van der Waals surface area contributed by atoms with Crippen molar-refractivity contribution in [2.24, 2.45) is 0 Å². The summed E-state index contributed by atoms with van der Waals surface area (Å²) >= 11 is 4.58. The van der Waals surface area contributed by atoms with Gasteiger partial charge in [-0.3, -0.25) is 4.31 Å². The Bertz CT molecular complexity index is 1110. The van der Waals surface area contributed by atoms with Crippen molar-refractivity contribution in [2.75, 3.05) is 10.6 Å². The van der Waals surface area contributed by atoms with Gasteiger partial charge in [0.25, 0.3) is 0 Å². The van der Waals surface area contributed by atoms with Crippen LogP contribution >= 0.6 is 27.3 Å². The van der Waals surface area contributed by atoms with Gasteiger partial charge in [-0.05, 0) is 39.7 Å². The normalized spacial score (nSPS) is 12.5. The van der Waals surface area contributed by atoms with Crippen LogP contribution in [0.1, 0.15) is 11.1 Å². The molecular weight excluding hydrogens is 470 g/mol. The summed E-state index contributed by atoms with van der Waals surface area (Å²) in [5, 5.41) is 1.14. The third-order valence-electron chi connectivity index (χ3n) is 3.81. The Hall–Kier alpha value is -1.65. The van der Waals surface area contributed by atoms with Crippen LogP contribution in [0.25, 0.3) is 10.1 Å². The van der Waals surface area contributed by atoms with Crippen LogP contribution in [-0.4, -0.2) is 14.7 Å². The molecule has 0 aliphatic rings. The molecule has 0 fully saturated rings. The summed E-state index contributed by atoms with van der Waals surface area (Å²) in [4.78, 5) is 0. The molecule has 0 atom stereocenters. The van der Waals surface area contributed by atoms with Gasteiger partial charge in [0.1, 0.15) is 10.8 Å². The Morgan fingerprint density at radius 1 is 1.15 bits per heavy atom. The molecule has 0 amide bonds. The van der Waals surface area contributed by atoms with E-state index in [1.807, 2.05) is 6.07 Å². The zero-order valence-electron chi connectivity index (χ0n) is 13.7. The summed E-state index contributed by atoms with van der Waals surface area (Å²) in [6.45, 7) is -0.354. The number of nitrogens with zero attached hydrogens (tertiary/aromatic N) is 1. The predicted molar refractivity (Wildman–Crippen MR) is 102 cm³/mol. The number of rotatable bonds is 4. The highest BCUT2D eigenvalue weighted by molar-refractivity contribution is 9.10. The van der Waals surface area contributed by atoms with Gasteiger partial charge in [-0.2, -0.15) is 13.2 Å². The van der Waals surface area contributed by atoms with Gasteiger partial charge in [-0.25, -0.2) is 12.8 Å². The number of sulfonamides is 1. The first-order valence-corrected chi connectivity index (χ1v) is 10.9. The molecule has 0 aliphatic carbocycles. The molecule has 27 heavy (non-hydrogen) atoms. The number of hydrogen-bond donors (Lipinski definition) is 0. The lowest BCUT2D eigenvalue weighted by Crippen LogP contribution is -2.29. The summed E-state index contributed by atoms with van der Waals surface area (Å²) in [7, 11) is -3.81. The van der Waals surface area contributed by atoms with Crippen LogP contribution in [0.15, 0.2) is 46.9 Å². The molecule has 3 nitrogen and oxygen atoms in total. The minimum absolute atomic E-state index is 0.0264. The van der Waals surface area contributed by atoms with E-state index in [-0.39, 0.29) is 12.1 Å². The third-order valence-corrected chi connectivity index (χ3v) is 7.29. The molecule has 0 spiro atoms. The minimum Gasteiger partial charge on any atom is -0.256 e. The molecule has 3 rings (SSSR count). The zero-order valence-corrected chi connectivity index (χ0v) is 16.9. The highest BCUT2D eigenvalue weighted by Crippen LogP contribution is 2.43. The molecule has 2 aromatic carbocycles. The number of halogens is 5. The first-order valence-electron chi connectivity index (χ1n) is 7.49. The van der Waals surface area contributed by atoms with Gasteiger partial charge in [0, 0.05) is 10.1 Å². The number of fused-ring (bicyclic) bond motifs is 1. The maximum atomic E-state index is 13.5. The van der Waals surface area contributed by atoms with E-state index >= 15 is 0 Å². The van der Waals surface area contributed by atoms with Crippen molar-refractivity contribution in [1.29, 1.82) is 0 Å². The molecule has 0 radical (unpaired) electrons. The van der Waals surface area contributed by atoms with Gasteiger partial charge in [0.2, 0.25) is 10.0 Å². The molecule has 1 heterocycles. The fraction of sp³-hybridized carbons (Fsp3) is 0.176. The van der Waals surface area contributed by atoms with E-state index in [9.17, 15) is 26.0 Å².